The second-order valence-corrected chi connectivity index (χ2v) is 4.49. The van der Waals surface area contributed by atoms with Crippen LogP contribution in [-0.2, 0) is 11.0 Å². The first-order valence-corrected chi connectivity index (χ1v) is 6.45. The molecule has 1 aromatic heterocycles. The van der Waals surface area contributed by atoms with E-state index in [0.717, 1.165) is 12.5 Å². The lowest BCUT2D eigenvalue weighted by atomic mass is 10.2. The molecule has 0 saturated carbocycles. The Hall–Kier alpha value is -1.50. The van der Waals surface area contributed by atoms with Gasteiger partial charge in [-0.2, -0.15) is 13.2 Å². The molecule has 0 spiro atoms. The van der Waals surface area contributed by atoms with Crippen molar-refractivity contribution >= 4 is 23.3 Å². The summed E-state index contributed by atoms with van der Waals surface area (Å²) in [4.78, 5) is 14.9. The standard InChI is InChI=1S/C12H15ClF3N3O/c1-2-4-17-10(20)3-5-18-11-9(13)6-8(7-19-11)12(14,15)16/h6-7H,2-5H2,1H3,(H,17,20)(H,18,19). The van der Waals surface area contributed by atoms with Crippen LogP contribution in [0.3, 0.4) is 0 Å². The van der Waals surface area contributed by atoms with Gasteiger partial charge in [0.1, 0.15) is 5.82 Å². The number of amides is 1. The van der Waals surface area contributed by atoms with Gasteiger partial charge in [0.15, 0.2) is 0 Å². The van der Waals surface area contributed by atoms with E-state index < -0.39 is 11.7 Å². The average molecular weight is 310 g/mol. The second-order valence-electron chi connectivity index (χ2n) is 4.08. The number of anilines is 1. The van der Waals surface area contributed by atoms with Gasteiger partial charge < -0.3 is 10.6 Å². The van der Waals surface area contributed by atoms with Gasteiger partial charge in [-0.15, -0.1) is 0 Å². The zero-order chi connectivity index (χ0) is 15.2. The van der Waals surface area contributed by atoms with E-state index in [9.17, 15) is 18.0 Å². The van der Waals surface area contributed by atoms with E-state index in [4.69, 9.17) is 11.6 Å². The molecule has 0 aliphatic rings. The van der Waals surface area contributed by atoms with Gasteiger partial charge in [-0.25, -0.2) is 4.98 Å². The van der Waals surface area contributed by atoms with Crippen LogP contribution in [0.1, 0.15) is 25.3 Å². The highest BCUT2D eigenvalue weighted by atomic mass is 35.5. The maximum atomic E-state index is 12.4. The Morgan fingerprint density at radius 2 is 2.10 bits per heavy atom. The van der Waals surface area contributed by atoms with Gasteiger partial charge in [0.2, 0.25) is 5.91 Å². The first kappa shape index (κ1) is 16.6. The monoisotopic (exact) mass is 309 g/mol. The quantitative estimate of drug-likeness (QED) is 0.849. The topological polar surface area (TPSA) is 54.0 Å². The summed E-state index contributed by atoms with van der Waals surface area (Å²) in [6.45, 7) is 2.77. The molecule has 0 bridgehead atoms. The van der Waals surface area contributed by atoms with Crippen LogP contribution in [0.25, 0.3) is 0 Å². The third-order valence-electron chi connectivity index (χ3n) is 2.39. The van der Waals surface area contributed by atoms with Gasteiger partial charge in [-0.1, -0.05) is 18.5 Å². The van der Waals surface area contributed by atoms with E-state index >= 15 is 0 Å². The van der Waals surface area contributed by atoms with Crippen molar-refractivity contribution in [3.8, 4) is 0 Å². The van der Waals surface area contributed by atoms with E-state index in [-0.39, 0.29) is 29.7 Å². The Morgan fingerprint density at radius 1 is 1.40 bits per heavy atom. The smallest absolute Gasteiger partial charge is 0.368 e. The SMILES string of the molecule is CCCNC(=O)CCNc1ncc(C(F)(F)F)cc1Cl. The molecule has 8 heteroatoms. The number of carbonyl (C=O) groups is 1. The zero-order valence-electron chi connectivity index (χ0n) is 10.9. The van der Waals surface area contributed by atoms with E-state index in [2.05, 4.69) is 15.6 Å². The maximum Gasteiger partial charge on any atom is 0.417 e. The molecule has 0 aliphatic heterocycles. The fourth-order valence-electron chi connectivity index (χ4n) is 1.37. The van der Waals surface area contributed by atoms with Crippen molar-refractivity contribution in [2.24, 2.45) is 0 Å². The molecule has 0 fully saturated rings. The van der Waals surface area contributed by atoms with Crippen molar-refractivity contribution in [1.29, 1.82) is 0 Å². The molecular formula is C12H15ClF3N3O. The van der Waals surface area contributed by atoms with Gasteiger partial charge in [-0.05, 0) is 12.5 Å². The van der Waals surface area contributed by atoms with Crippen molar-refractivity contribution in [2.45, 2.75) is 25.9 Å². The summed E-state index contributed by atoms with van der Waals surface area (Å²) in [6, 6.07) is 0.800. The number of aromatic nitrogens is 1. The van der Waals surface area contributed by atoms with Gasteiger partial charge >= 0.3 is 6.18 Å². The molecular weight excluding hydrogens is 295 g/mol. The molecule has 0 radical (unpaired) electrons. The van der Waals surface area contributed by atoms with Gasteiger partial charge in [-0.3, -0.25) is 4.79 Å². The number of carbonyl (C=O) groups excluding carboxylic acids is 1. The summed E-state index contributed by atoms with van der Waals surface area (Å²) >= 11 is 5.71. The summed E-state index contributed by atoms with van der Waals surface area (Å²) in [6.07, 6.45) is -2.74. The van der Waals surface area contributed by atoms with Crippen molar-refractivity contribution in [3.05, 3.63) is 22.8 Å². The van der Waals surface area contributed by atoms with E-state index in [1.807, 2.05) is 6.92 Å². The minimum atomic E-state index is -4.48. The Balaban J connectivity index is 2.51. The predicted molar refractivity (Wildman–Crippen MR) is 70.7 cm³/mol. The fourth-order valence-corrected chi connectivity index (χ4v) is 1.60. The van der Waals surface area contributed by atoms with Crippen LogP contribution >= 0.6 is 11.6 Å². The Kier molecular flexibility index (Phi) is 6.06. The van der Waals surface area contributed by atoms with Crippen molar-refractivity contribution in [1.82, 2.24) is 10.3 Å². The number of alkyl halides is 3. The molecule has 0 saturated heterocycles. The fraction of sp³-hybridized carbons (Fsp3) is 0.500. The number of nitrogens with zero attached hydrogens (tertiary/aromatic N) is 1. The molecule has 112 valence electrons. The molecule has 4 nitrogen and oxygen atoms in total. The summed E-state index contributed by atoms with van der Waals surface area (Å²) in [5.41, 5.74) is -0.909. The molecule has 2 N–H and O–H groups in total. The molecule has 0 aliphatic carbocycles. The minimum absolute atomic E-state index is 0.128. The van der Waals surface area contributed by atoms with E-state index in [0.29, 0.717) is 12.7 Å². The summed E-state index contributed by atoms with van der Waals surface area (Å²) in [5.74, 6) is -0.00894. The van der Waals surface area contributed by atoms with Gasteiger partial charge in [0, 0.05) is 25.7 Å². The highest BCUT2D eigenvalue weighted by Gasteiger charge is 2.31. The predicted octanol–water partition coefficient (Wildman–Crippen LogP) is 3.08. The van der Waals surface area contributed by atoms with Crippen LogP contribution in [-0.4, -0.2) is 24.0 Å². The lowest BCUT2D eigenvalue weighted by Gasteiger charge is -2.10. The number of pyridine rings is 1. The van der Waals surface area contributed by atoms with Crippen LogP contribution in [0.4, 0.5) is 19.0 Å². The molecule has 0 unspecified atom stereocenters. The van der Waals surface area contributed by atoms with E-state index in [1.165, 1.54) is 0 Å². The molecule has 20 heavy (non-hydrogen) atoms. The number of rotatable bonds is 6. The summed E-state index contributed by atoms with van der Waals surface area (Å²) in [7, 11) is 0. The third-order valence-corrected chi connectivity index (χ3v) is 2.67. The van der Waals surface area contributed by atoms with E-state index in [1.54, 1.807) is 0 Å². The Labute approximate surface area is 119 Å². The Bertz CT molecular complexity index is 466. The first-order valence-electron chi connectivity index (χ1n) is 6.08. The average Bonchev–Trinajstić information content (AvgIpc) is 2.37. The lowest BCUT2D eigenvalue weighted by Crippen LogP contribution is -2.26. The third kappa shape index (κ3) is 5.24. The van der Waals surface area contributed by atoms with Crippen LogP contribution in [0.5, 0.6) is 0 Å². The van der Waals surface area contributed by atoms with Crippen molar-refractivity contribution in [2.75, 3.05) is 18.4 Å². The lowest BCUT2D eigenvalue weighted by molar-refractivity contribution is -0.137. The first-order chi connectivity index (χ1) is 9.34. The summed E-state index contributed by atoms with van der Waals surface area (Å²) in [5, 5.41) is 5.28. The second kappa shape index (κ2) is 7.33. The summed E-state index contributed by atoms with van der Waals surface area (Å²) < 4.78 is 37.2. The van der Waals surface area contributed by atoms with Crippen LogP contribution in [0.15, 0.2) is 12.3 Å². The van der Waals surface area contributed by atoms with Crippen LogP contribution < -0.4 is 10.6 Å². The van der Waals surface area contributed by atoms with Crippen LogP contribution in [0.2, 0.25) is 5.02 Å². The van der Waals surface area contributed by atoms with Crippen molar-refractivity contribution in [3.63, 3.8) is 0 Å². The normalized spacial score (nSPS) is 11.2. The highest BCUT2D eigenvalue weighted by molar-refractivity contribution is 6.32. The molecule has 1 amide bonds. The molecule has 1 aromatic rings. The largest absolute Gasteiger partial charge is 0.417 e. The number of nitrogens with one attached hydrogen (secondary N) is 2. The molecule has 0 aromatic carbocycles. The van der Waals surface area contributed by atoms with Gasteiger partial charge in [0.05, 0.1) is 10.6 Å². The zero-order valence-corrected chi connectivity index (χ0v) is 11.6. The Morgan fingerprint density at radius 3 is 2.65 bits per heavy atom. The maximum absolute atomic E-state index is 12.4. The van der Waals surface area contributed by atoms with Gasteiger partial charge in [0.25, 0.3) is 0 Å². The molecule has 1 rings (SSSR count). The highest BCUT2D eigenvalue weighted by Crippen LogP contribution is 2.32. The van der Waals surface area contributed by atoms with Crippen molar-refractivity contribution < 1.29 is 18.0 Å². The van der Waals surface area contributed by atoms with Crippen LogP contribution in [0, 0.1) is 0 Å². The minimum Gasteiger partial charge on any atom is -0.368 e. The number of hydrogen-bond acceptors (Lipinski definition) is 3. The molecule has 0 atom stereocenters. The molecule has 1 heterocycles. The number of hydrogen-bond donors (Lipinski definition) is 2. The number of halogens is 4.